The van der Waals surface area contributed by atoms with Crippen LogP contribution in [0.15, 0.2) is 12.1 Å². The van der Waals surface area contributed by atoms with E-state index >= 15 is 0 Å². The molecule has 1 heterocycles. The zero-order chi connectivity index (χ0) is 15.5. The number of rotatable bonds is 4. The summed E-state index contributed by atoms with van der Waals surface area (Å²) in [7, 11) is 3.19. The summed E-state index contributed by atoms with van der Waals surface area (Å²) >= 11 is 0. The standard InChI is InChI=1S/C16H24N2O3.ClH/c1-11-13(20-3)9-12(10-14(11)21-4)15(19)18-16(2)5-7-17-8-6-16;/h9-10,17H,5-8H2,1-4H3,(H,18,19);1H. The number of hydrogen-bond donors (Lipinski definition) is 2. The van der Waals surface area contributed by atoms with Crippen LogP contribution in [0.25, 0.3) is 0 Å². The number of methoxy groups -OCH3 is 2. The second kappa shape index (κ2) is 7.70. The lowest BCUT2D eigenvalue weighted by Gasteiger charge is -2.35. The Labute approximate surface area is 138 Å². The van der Waals surface area contributed by atoms with Gasteiger partial charge in [0.1, 0.15) is 11.5 Å². The van der Waals surface area contributed by atoms with Crippen molar-refractivity contribution in [2.45, 2.75) is 32.2 Å². The van der Waals surface area contributed by atoms with Crippen molar-refractivity contribution < 1.29 is 14.3 Å². The first-order valence-corrected chi connectivity index (χ1v) is 7.25. The third-order valence-electron chi connectivity index (χ3n) is 4.14. The molecule has 1 aliphatic heterocycles. The van der Waals surface area contributed by atoms with Crippen molar-refractivity contribution >= 4 is 18.3 Å². The molecule has 22 heavy (non-hydrogen) atoms. The van der Waals surface area contributed by atoms with Crippen LogP contribution in [0.3, 0.4) is 0 Å². The number of benzene rings is 1. The molecule has 1 aromatic rings. The van der Waals surface area contributed by atoms with Gasteiger partial charge in [-0.25, -0.2) is 0 Å². The third kappa shape index (κ3) is 4.05. The van der Waals surface area contributed by atoms with Gasteiger partial charge in [0.05, 0.1) is 14.2 Å². The largest absolute Gasteiger partial charge is 0.496 e. The van der Waals surface area contributed by atoms with E-state index in [2.05, 4.69) is 17.6 Å². The lowest BCUT2D eigenvalue weighted by atomic mass is 9.90. The molecular formula is C16H25ClN2O3. The number of nitrogens with one attached hydrogen (secondary N) is 2. The molecular weight excluding hydrogens is 304 g/mol. The van der Waals surface area contributed by atoms with Crippen LogP contribution in [-0.4, -0.2) is 38.8 Å². The first-order chi connectivity index (χ1) is 9.99. The molecule has 2 rings (SSSR count). The monoisotopic (exact) mass is 328 g/mol. The highest BCUT2D eigenvalue weighted by molar-refractivity contribution is 5.95. The molecule has 124 valence electrons. The van der Waals surface area contributed by atoms with E-state index in [1.807, 2.05) is 6.92 Å². The average Bonchev–Trinajstić information content (AvgIpc) is 2.47. The summed E-state index contributed by atoms with van der Waals surface area (Å²) in [6.07, 6.45) is 1.86. The maximum Gasteiger partial charge on any atom is 0.251 e. The van der Waals surface area contributed by atoms with Gasteiger partial charge < -0.3 is 20.1 Å². The maximum absolute atomic E-state index is 12.5. The van der Waals surface area contributed by atoms with Crippen LogP contribution in [0, 0.1) is 6.92 Å². The molecule has 5 nitrogen and oxygen atoms in total. The zero-order valence-corrected chi connectivity index (χ0v) is 14.4. The lowest BCUT2D eigenvalue weighted by molar-refractivity contribution is 0.0887. The maximum atomic E-state index is 12.5. The van der Waals surface area contributed by atoms with Gasteiger partial charge in [0.25, 0.3) is 5.91 Å². The fourth-order valence-corrected chi connectivity index (χ4v) is 2.67. The van der Waals surface area contributed by atoms with E-state index in [0.29, 0.717) is 17.1 Å². The number of halogens is 1. The highest BCUT2D eigenvalue weighted by atomic mass is 35.5. The molecule has 0 spiro atoms. The first-order valence-electron chi connectivity index (χ1n) is 7.25. The summed E-state index contributed by atoms with van der Waals surface area (Å²) in [4.78, 5) is 12.5. The number of carbonyl (C=O) groups excluding carboxylic acids is 1. The van der Waals surface area contributed by atoms with Crippen LogP contribution in [-0.2, 0) is 0 Å². The van der Waals surface area contributed by atoms with Gasteiger partial charge >= 0.3 is 0 Å². The minimum absolute atomic E-state index is 0. The van der Waals surface area contributed by atoms with Crippen LogP contribution >= 0.6 is 12.4 Å². The Morgan fingerprint density at radius 2 is 1.68 bits per heavy atom. The van der Waals surface area contributed by atoms with Crippen molar-refractivity contribution in [3.8, 4) is 11.5 Å². The van der Waals surface area contributed by atoms with E-state index in [9.17, 15) is 4.79 Å². The van der Waals surface area contributed by atoms with Gasteiger partial charge in [-0.05, 0) is 51.9 Å². The van der Waals surface area contributed by atoms with Gasteiger partial charge in [-0.1, -0.05) is 0 Å². The van der Waals surface area contributed by atoms with Crippen LogP contribution in [0.2, 0.25) is 0 Å². The second-order valence-electron chi connectivity index (χ2n) is 5.77. The summed E-state index contributed by atoms with van der Waals surface area (Å²) in [5.74, 6) is 1.24. The van der Waals surface area contributed by atoms with E-state index in [-0.39, 0.29) is 23.9 Å². The topological polar surface area (TPSA) is 59.6 Å². The minimum Gasteiger partial charge on any atom is -0.496 e. The quantitative estimate of drug-likeness (QED) is 0.890. The van der Waals surface area contributed by atoms with Crippen LogP contribution < -0.4 is 20.1 Å². The molecule has 0 unspecified atom stereocenters. The van der Waals surface area contributed by atoms with Crippen LogP contribution in [0.5, 0.6) is 11.5 Å². The van der Waals surface area contributed by atoms with Crippen molar-refractivity contribution in [1.29, 1.82) is 0 Å². The van der Waals surface area contributed by atoms with E-state index in [1.54, 1.807) is 26.4 Å². The van der Waals surface area contributed by atoms with Crippen LogP contribution in [0.1, 0.15) is 35.7 Å². The Bertz CT molecular complexity index is 503. The Morgan fingerprint density at radius 1 is 1.18 bits per heavy atom. The summed E-state index contributed by atoms with van der Waals surface area (Å²) in [5, 5.41) is 6.45. The Balaban J connectivity index is 0.00000242. The van der Waals surface area contributed by atoms with Crippen molar-refractivity contribution in [1.82, 2.24) is 10.6 Å². The number of piperidine rings is 1. The number of ether oxygens (including phenoxy) is 2. The molecule has 0 bridgehead atoms. The van der Waals surface area contributed by atoms with Gasteiger partial charge in [0.15, 0.2) is 0 Å². The summed E-state index contributed by atoms with van der Waals surface area (Å²) < 4.78 is 10.6. The summed E-state index contributed by atoms with van der Waals surface area (Å²) in [6, 6.07) is 3.52. The van der Waals surface area contributed by atoms with Gasteiger partial charge in [-0.2, -0.15) is 0 Å². The van der Waals surface area contributed by atoms with Crippen LogP contribution in [0.4, 0.5) is 0 Å². The molecule has 0 atom stereocenters. The zero-order valence-electron chi connectivity index (χ0n) is 13.6. The second-order valence-corrected chi connectivity index (χ2v) is 5.77. The average molecular weight is 329 g/mol. The van der Waals surface area contributed by atoms with Crippen molar-refractivity contribution in [2.75, 3.05) is 27.3 Å². The van der Waals surface area contributed by atoms with E-state index in [4.69, 9.17) is 9.47 Å². The molecule has 1 aromatic carbocycles. The fourth-order valence-electron chi connectivity index (χ4n) is 2.67. The number of hydrogen-bond acceptors (Lipinski definition) is 4. The van der Waals surface area contributed by atoms with Gasteiger partial charge in [-0.15, -0.1) is 12.4 Å². The molecule has 0 saturated carbocycles. The molecule has 0 aromatic heterocycles. The predicted molar refractivity (Wildman–Crippen MR) is 89.5 cm³/mol. The highest BCUT2D eigenvalue weighted by Crippen LogP contribution is 2.30. The lowest BCUT2D eigenvalue weighted by Crippen LogP contribution is -2.52. The van der Waals surface area contributed by atoms with Crippen molar-refractivity contribution in [2.24, 2.45) is 0 Å². The van der Waals surface area contributed by atoms with E-state index < -0.39 is 0 Å². The van der Waals surface area contributed by atoms with Gasteiger partial charge in [-0.3, -0.25) is 4.79 Å². The highest BCUT2D eigenvalue weighted by Gasteiger charge is 2.29. The normalized spacial score (nSPS) is 16.4. The first kappa shape index (κ1) is 18.6. The third-order valence-corrected chi connectivity index (χ3v) is 4.14. The number of amides is 1. The SMILES string of the molecule is COc1cc(C(=O)NC2(C)CCNCC2)cc(OC)c1C.Cl. The van der Waals surface area contributed by atoms with E-state index in [1.165, 1.54) is 0 Å². The smallest absolute Gasteiger partial charge is 0.251 e. The molecule has 1 saturated heterocycles. The predicted octanol–water partition coefficient (Wildman–Crippen LogP) is 2.31. The molecule has 1 fully saturated rings. The molecule has 1 aliphatic rings. The summed E-state index contributed by atoms with van der Waals surface area (Å²) in [5.41, 5.74) is 1.30. The molecule has 0 radical (unpaired) electrons. The molecule has 6 heteroatoms. The Kier molecular flexibility index (Phi) is 6.50. The molecule has 0 aliphatic carbocycles. The molecule has 1 amide bonds. The minimum atomic E-state index is -0.159. The molecule has 2 N–H and O–H groups in total. The fraction of sp³-hybridized carbons (Fsp3) is 0.562. The van der Waals surface area contributed by atoms with Crippen molar-refractivity contribution in [3.05, 3.63) is 23.3 Å². The summed E-state index contributed by atoms with van der Waals surface area (Å²) in [6.45, 7) is 5.86. The van der Waals surface area contributed by atoms with Crippen molar-refractivity contribution in [3.63, 3.8) is 0 Å². The number of carbonyl (C=O) groups is 1. The Hall–Kier alpha value is -1.46. The van der Waals surface area contributed by atoms with E-state index in [0.717, 1.165) is 31.5 Å². The van der Waals surface area contributed by atoms with Gasteiger partial charge in [0, 0.05) is 16.7 Å². The van der Waals surface area contributed by atoms with Gasteiger partial charge in [0.2, 0.25) is 0 Å². The Morgan fingerprint density at radius 3 is 2.14 bits per heavy atom.